The number of hydrogen-bond acceptors (Lipinski definition) is 3. The molecule has 0 heterocycles. The van der Waals surface area contributed by atoms with Crippen LogP contribution in [0.1, 0.15) is 62.7 Å². The number of hydrogen-bond donors (Lipinski definition) is 0. The Morgan fingerprint density at radius 2 is 1.83 bits per heavy atom. The fourth-order valence-corrected chi connectivity index (χ4v) is 3.43. The van der Waals surface area contributed by atoms with Crippen LogP contribution in [0.15, 0.2) is 24.3 Å². The van der Waals surface area contributed by atoms with Gasteiger partial charge in [0.1, 0.15) is 5.75 Å². The molecule has 4 heteroatoms. The van der Waals surface area contributed by atoms with Crippen molar-refractivity contribution in [3.8, 4) is 5.75 Å². The number of ketones is 1. The number of carbonyl (C=O) groups is 2. The van der Waals surface area contributed by atoms with E-state index >= 15 is 0 Å². The van der Waals surface area contributed by atoms with E-state index in [9.17, 15) is 9.59 Å². The van der Waals surface area contributed by atoms with Crippen LogP contribution in [0.3, 0.4) is 0 Å². The van der Waals surface area contributed by atoms with Gasteiger partial charge in [0.05, 0.1) is 6.61 Å². The van der Waals surface area contributed by atoms with Gasteiger partial charge in [0, 0.05) is 25.1 Å². The summed E-state index contributed by atoms with van der Waals surface area (Å²) in [4.78, 5) is 25.5. The normalized spacial score (nSPS) is 20.5. The average molecular weight is 331 g/mol. The van der Waals surface area contributed by atoms with Crippen molar-refractivity contribution in [2.75, 3.05) is 13.7 Å². The fraction of sp³-hybridized carbons (Fsp3) is 0.600. The average Bonchev–Trinajstić information content (AvgIpc) is 2.58. The molecule has 1 aromatic carbocycles. The number of Topliss-reactive ketones (excluding diaryl/α,β-unsaturated/α-hetero) is 1. The van der Waals surface area contributed by atoms with Gasteiger partial charge in [0.25, 0.3) is 0 Å². The van der Waals surface area contributed by atoms with Gasteiger partial charge in [0.2, 0.25) is 5.91 Å². The highest BCUT2D eigenvalue weighted by molar-refractivity contribution is 5.94. The summed E-state index contributed by atoms with van der Waals surface area (Å²) in [6.07, 6.45) is 6.09. The third kappa shape index (κ3) is 5.08. The molecule has 0 bridgehead atoms. The van der Waals surface area contributed by atoms with Crippen LogP contribution in [0.5, 0.6) is 5.75 Å². The molecule has 1 amide bonds. The lowest BCUT2D eigenvalue weighted by Crippen LogP contribution is -2.42. The summed E-state index contributed by atoms with van der Waals surface area (Å²) in [6.45, 7) is 4.31. The maximum atomic E-state index is 12.4. The molecule has 0 spiro atoms. The van der Waals surface area contributed by atoms with Gasteiger partial charge in [-0.2, -0.15) is 0 Å². The highest BCUT2D eigenvalue weighted by Crippen LogP contribution is 2.27. The molecule has 0 aliphatic heterocycles. The zero-order valence-electron chi connectivity index (χ0n) is 15.1. The first-order chi connectivity index (χ1) is 11.5. The van der Waals surface area contributed by atoms with Crippen molar-refractivity contribution < 1.29 is 14.3 Å². The van der Waals surface area contributed by atoms with Crippen LogP contribution < -0.4 is 4.74 Å². The van der Waals surface area contributed by atoms with Crippen LogP contribution in [0, 0.1) is 5.92 Å². The molecule has 24 heavy (non-hydrogen) atoms. The van der Waals surface area contributed by atoms with Gasteiger partial charge in [0.15, 0.2) is 5.78 Å². The Hall–Kier alpha value is -1.84. The third-order valence-electron chi connectivity index (χ3n) is 5.02. The van der Waals surface area contributed by atoms with Crippen molar-refractivity contribution >= 4 is 11.7 Å². The summed E-state index contributed by atoms with van der Waals surface area (Å²) in [5, 5.41) is 0. The van der Waals surface area contributed by atoms with E-state index in [1.54, 1.807) is 31.2 Å². The van der Waals surface area contributed by atoms with Gasteiger partial charge < -0.3 is 9.64 Å². The molecule has 0 N–H and O–H groups in total. The quantitative estimate of drug-likeness (QED) is 0.558. The van der Waals surface area contributed by atoms with Crippen molar-refractivity contribution in [3.05, 3.63) is 29.8 Å². The largest absolute Gasteiger partial charge is 0.494 e. The topological polar surface area (TPSA) is 46.6 Å². The second-order valence-corrected chi connectivity index (χ2v) is 6.87. The summed E-state index contributed by atoms with van der Waals surface area (Å²) in [5.74, 6) is 1.60. The molecule has 0 radical (unpaired) electrons. The Bertz CT molecular complexity index is 553. The molecule has 2 rings (SSSR count). The van der Waals surface area contributed by atoms with Crippen LogP contribution in [0.2, 0.25) is 0 Å². The summed E-state index contributed by atoms with van der Waals surface area (Å²) in [7, 11) is 1.94. The minimum absolute atomic E-state index is 0.0483. The van der Waals surface area contributed by atoms with Gasteiger partial charge in [-0.1, -0.05) is 19.8 Å². The summed E-state index contributed by atoms with van der Waals surface area (Å²) >= 11 is 0. The van der Waals surface area contributed by atoms with E-state index in [0.717, 1.165) is 12.2 Å². The molecular weight excluding hydrogens is 302 g/mol. The van der Waals surface area contributed by atoms with Crippen LogP contribution in [-0.4, -0.2) is 36.3 Å². The Morgan fingerprint density at radius 3 is 2.46 bits per heavy atom. The number of rotatable bonds is 7. The molecule has 2 unspecified atom stereocenters. The van der Waals surface area contributed by atoms with Crippen LogP contribution in [0.4, 0.5) is 0 Å². The Labute approximate surface area is 145 Å². The number of amides is 1. The summed E-state index contributed by atoms with van der Waals surface area (Å²) in [5.41, 5.74) is 0.681. The molecular formula is C20H29NO3. The lowest BCUT2D eigenvalue weighted by molar-refractivity contribution is -0.133. The zero-order chi connectivity index (χ0) is 17.5. The van der Waals surface area contributed by atoms with Gasteiger partial charge in [-0.3, -0.25) is 9.59 Å². The molecule has 1 fully saturated rings. The first kappa shape index (κ1) is 18.5. The Morgan fingerprint density at radius 1 is 1.17 bits per heavy atom. The van der Waals surface area contributed by atoms with Crippen molar-refractivity contribution in [2.24, 2.45) is 5.92 Å². The monoisotopic (exact) mass is 331 g/mol. The maximum Gasteiger partial charge on any atom is 0.222 e. The van der Waals surface area contributed by atoms with Gasteiger partial charge >= 0.3 is 0 Å². The van der Waals surface area contributed by atoms with Crippen LogP contribution in [-0.2, 0) is 4.79 Å². The van der Waals surface area contributed by atoms with E-state index < -0.39 is 0 Å². The van der Waals surface area contributed by atoms with E-state index in [2.05, 4.69) is 6.92 Å². The smallest absolute Gasteiger partial charge is 0.222 e. The SMILES string of the molecule is CC(=O)c1ccc(OCCCC(=O)N(C)C2CCCCC2C)cc1. The van der Waals surface area contributed by atoms with Gasteiger partial charge in [-0.25, -0.2) is 0 Å². The first-order valence-electron chi connectivity index (χ1n) is 8.98. The second-order valence-electron chi connectivity index (χ2n) is 6.87. The lowest BCUT2D eigenvalue weighted by atomic mass is 9.85. The van der Waals surface area contributed by atoms with Crippen molar-refractivity contribution in [2.45, 2.75) is 58.4 Å². The molecule has 132 valence electrons. The Balaban J connectivity index is 1.71. The van der Waals surface area contributed by atoms with E-state index in [1.807, 2.05) is 11.9 Å². The summed E-state index contributed by atoms with van der Waals surface area (Å²) < 4.78 is 5.66. The first-order valence-corrected chi connectivity index (χ1v) is 8.98. The lowest BCUT2D eigenvalue weighted by Gasteiger charge is -2.36. The molecule has 1 aliphatic carbocycles. The number of ether oxygens (including phenoxy) is 1. The zero-order valence-corrected chi connectivity index (χ0v) is 15.1. The number of nitrogens with zero attached hydrogens (tertiary/aromatic N) is 1. The highest BCUT2D eigenvalue weighted by atomic mass is 16.5. The second kappa shape index (κ2) is 8.86. The number of carbonyl (C=O) groups excluding carboxylic acids is 2. The summed E-state index contributed by atoms with van der Waals surface area (Å²) in [6, 6.07) is 7.52. The number of benzene rings is 1. The van der Waals surface area contributed by atoms with E-state index in [1.165, 1.54) is 19.3 Å². The van der Waals surface area contributed by atoms with Crippen molar-refractivity contribution in [1.29, 1.82) is 0 Å². The standard InChI is InChI=1S/C20H29NO3/c1-15-7-4-5-8-19(15)21(3)20(23)9-6-14-24-18-12-10-17(11-13-18)16(2)22/h10-13,15,19H,4-9,14H2,1-3H3. The van der Waals surface area contributed by atoms with Crippen molar-refractivity contribution in [1.82, 2.24) is 4.90 Å². The minimum Gasteiger partial charge on any atom is -0.494 e. The molecule has 0 aromatic heterocycles. The van der Waals surface area contributed by atoms with Gasteiger partial charge in [-0.05, 0) is 56.4 Å². The predicted molar refractivity (Wildman–Crippen MR) is 95.4 cm³/mol. The molecule has 2 atom stereocenters. The maximum absolute atomic E-state index is 12.4. The highest BCUT2D eigenvalue weighted by Gasteiger charge is 2.27. The molecule has 1 aromatic rings. The van der Waals surface area contributed by atoms with E-state index in [0.29, 0.717) is 37.0 Å². The minimum atomic E-state index is 0.0483. The molecule has 1 aliphatic rings. The molecule has 4 nitrogen and oxygen atoms in total. The fourth-order valence-electron chi connectivity index (χ4n) is 3.43. The van der Waals surface area contributed by atoms with E-state index in [4.69, 9.17) is 4.74 Å². The van der Waals surface area contributed by atoms with Crippen LogP contribution >= 0.6 is 0 Å². The van der Waals surface area contributed by atoms with Gasteiger partial charge in [-0.15, -0.1) is 0 Å². The molecule has 1 saturated carbocycles. The Kier molecular flexibility index (Phi) is 6.83. The molecule has 0 saturated heterocycles. The van der Waals surface area contributed by atoms with Crippen LogP contribution in [0.25, 0.3) is 0 Å². The third-order valence-corrected chi connectivity index (χ3v) is 5.02. The van der Waals surface area contributed by atoms with E-state index in [-0.39, 0.29) is 11.7 Å². The van der Waals surface area contributed by atoms with Crippen molar-refractivity contribution in [3.63, 3.8) is 0 Å². The predicted octanol–water partition coefficient (Wildman–Crippen LogP) is 4.09.